The van der Waals surface area contributed by atoms with Crippen molar-refractivity contribution < 1.29 is 0 Å². The number of hydrogen-bond donors (Lipinski definition) is 1. The van der Waals surface area contributed by atoms with Crippen molar-refractivity contribution in [2.45, 2.75) is 18.0 Å². The predicted octanol–water partition coefficient (Wildman–Crippen LogP) is 4.35. The number of rotatable bonds is 5. The quantitative estimate of drug-likeness (QED) is 0.816. The van der Waals surface area contributed by atoms with E-state index in [0.717, 1.165) is 23.7 Å². The highest BCUT2D eigenvalue weighted by molar-refractivity contribution is 7.98. The minimum absolute atomic E-state index is 0.794. The van der Waals surface area contributed by atoms with Gasteiger partial charge in [-0.3, -0.25) is 0 Å². The zero-order chi connectivity index (χ0) is 12.8. The number of halogens is 1. The van der Waals surface area contributed by atoms with Gasteiger partial charge in [-0.1, -0.05) is 48.0 Å². The monoisotopic (exact) mass is 277 g/mol. The van der Waals surface area contributed by atoms with Crippen molar-refractivity contribution in [1.29, 1.82) is 0 Å². The third-order valence-corrected chi connectivity index (χ3v) is 3.82. The Kier molecular flexibility index (Phi) is 5.12. The van der Waals surface area contributed by atoms with Crippen LogP contribution in [0.2, 0.25) is 5.02 Å². The predicted molar refractivity (Wildman–Crippen MR) is 80.2 cm³/mol. The van der Waals surface area contributed by atoms with E-state index in [9.17, 15) is 0 Å². The van der Waals surface area contributed by atoms with Crippen LogP contribution in [-0.4, -0.2) is 6.26 Å². The first-order valence-corrected chi connectivity index (χ1v) is 7.47. The minimum Gasteiger partial charge on any atom is -0.309 e. The maximum Gasteiger partial charge on any atom is 0.0462 e. The van der Waals surface area contributed by atoms with E-state index in [1.165, 1.54) is 10.5 Å². The summed E-state index contributed by atoms with van der Waals surface area (Å²) in [5.74, 6) is 0. The van der Waals surface area contributed by atoms with Gasteiger partial charge in [0.05, 0.1) is 0 Å². The Hall–Kier alpha value is -0.960. The van der Waals surface area contributed by atoms with Crippen LogP contribution < -0.4 is 5.32 Å². The van der Waals surface area contributed by atoms with Gasteiger partial charge in [0.2, 0.25) is 0 Å². The zero-order valence-corrected chi connectivity index (χ0v) is 11.9. The summed E-state index contributed by atoms with van der Waals surface area (Å²) in [5, 5.41) is 4.24. The Morgan fingerprint density at radius 3 is 2.50 bits per heavy atom. The summed E-state index contributed by atoms with van der Waals surface area (Å²) in [4.78, 5) is 1.20. The van der Waals surface area contributed by atoms with Crippen molar-refractivity contribution in [3.8, 4) is 0 Å². The highest BCUT2D eigenvalue weighted by atomic mass is 35.5. The van der Waals surface area contributed by atoms with Crippen LogP contribution in [0.15, 0.2) is 53.4 Å². The van der Waals surface area contributed by atoms with Gasteiger partial charge in [-0.05, 0) is 29.5 Å². The molecular formula is C15H16ClNS. The van der Waals surface area contributed by atoms with Crippen LogP contribution in [0.4, 0.5) is 0 Å². The second-order valence-electron chi connectivity index (χ2n) is 4.05. The minimum atomic E-state index is 0.794. The number of thioether (sulfide) groups is 1. The molecule has 0 aliphatic rings. The molecule has 0 spiro atoms. The summed E-state index contributed by atoms with van der Waals surface area (Å²) < 4.78 is 0. The number of benzene rings is 2. The van der Waals surface area contributed by atoms with Gasteiger partial charge < -0.3 is 5.32 Å². The molecule has 0 atom stereocenters. The Balaban J connectivity index is 1.91. The Morgan fingerprint density at radius 2 is 1.83 bits per heavy atom. The molecule has 0 amide bonds. The molecule has 0 aliphatic carbocycles. The van der Waals surface area contributed by atoms with Gasteiger partial charge >= 0.3 is 0 Å². The molecular weight excluding hydrogens is 262 g/mol. The van der Waals surface area contributed by atoms with E-state index in [1.54, 1.807) is 11.8 Å². The van der Waals surface area contributed by atoms with Gasteiger partial charge in [-0.2, -0.15) is 0 Å². The molecule has 0 unspecified atom stereocenters. The first kappa shape index (κ1) is 13.5. The van der Waals surface area contributed by atoms with Gasteiger partial charge in [0.1, 0.15) is 0 Å². The van der Waals surface area contributed by atoms with Crippen molar-refractivity contribution >= 4 is 23.4 Å². The summed E-state index contributed by atoms with van der Waals surface area (Å²) in [6.45, 7) is 1.66. The number of nitrogens with one attached hydrogen (secondary N) is 1. The van der Waals surface area contributed by atoms with Crippen molar-refractivity contribution in [2.24, 2.45) is 0 Å². The van der Waals surface area contributed by atoms with Gasteiger partial charge in [0.15, 0.2) is 0 Å². The Bertz CT molecular complexity index is 499. The molecule has 0 heterocycles. The molecule has 0 saturated carbocycles. The fourth-order valence-electron chi connectivity index (χ4n) is 1.74. The molecule has 3 heteroatoms. The standard InChI is InChI=1S/C15H16ClNS/c1-18-14-8-7-13(15(16)9-14)11-17-10-12-5-3-2-4-6-12/h2-9,17H,10-11H2,1H3. The largest absolute Gasteiger partial charge is 0.309 e. The first-order valence-electron chi connectivity index (χ1n) is 5.86. The fourth-order valence-corrected chi connectivity index (χ4v) is 2.49. The first-order chi connectivity index (χ1) is 8.79. The lowest BCUT2D eigenvalue weighted by molar-refractivity contribution is 0.693. The van der Waals surface area contributed by atoms with E-state index in [-0.39, 0.29) is 0 Å². The van der Waals surface area contributed by atoms with Gasteiger partial charge in [0.25, 0.3) is 0 Å². The van der Waals surface area contributed by atoms with Crippen LogP contribution in [0.3, 0.4) is 0 Å². The SMILES string of the molecule is CSc1ccc(CNCc2ccccc2)c(Cl)c1. The summed E-state index contributed by atoms with van der Waals surface area (Å²) in [6, 6.07) is 16.6. The van der Waals surface area contributed by atoms with Gasteiger partial charge in [-0.15, -0.1) is 11.8 Å². The van der Waals surface area contributed by atoms with Crippen LogP contribution in [-0.2, 0) is 13.1 Å². The zero-order valence-electron chi connectivity index (χ0n) is 10.3. The molecule has 1 N–H and O–H groups in total. The molecule has 94 valence electrons. The van der Waals surface area contributed by atoms with Crippen LogP contribution in [0.5, 0.6) is 0 Å². The maximum absolute atomic E-state index is 6.24. The highest BCUT2D eigenvalue weighted by Gasteiger charge is 2.01. The van der Waals surface area contributed by atoms with E-state index < -0.39 is 0 Å². The third-order valence-electron chi connectivity index (χ3n) is 2.75. The molecule has 0 saturated heterocycles. The summed E-state index contributed by atoms with van der Waals surface area (Å²) >= 11 is 7.94. The lowest BCUT2D eigenvalue weighted by atomic mass is 10.2. The van der Waals surface area contributed by atoms with E-state index in [0.29, 0.717) is 0 Å². The lowest BCUT2D eigenvalue weighted by Gasteiger charge is -2.08. The van der Waals surface area contributed by atoms with Gasteiger partial charge in [0, 0.05) is 23.0 Å². The molecule has 1 nitrogen and oxygen atoms in total. The Labute approximate surface area is 118 Å². The van der Waals surface area contributed by atoms with Crippen molar-refractivity contribution in [1.82, 2.24) is 5.32 Å². The smallest absolute Gasteiger partial charge is 0.0462 e. The van der Waals surface area contributed by atoms with Crippen LogP contribution in [0.1, 0.15) is 11.1 Å². The summed E-state index contributed by atoms with van der Waals surface area (Å²) in [6.07, 6.45) is 2.05. The topological polar surface area (TPSA) is 12.0 Å². The lowest BCUT2D eigenvalue weighted by Crippen LogP contribution is -2.12. The fraction of sp³-hybridized carbons (Fsp3) is 0.200. The second-order valence-corrected chi connectivity index (χ2v) is 5.33. The van der Waals surface area contributed by atoms with Crippen LogP contribution in [0, 0.1) is 0 Å². The van der Waals surface area contributed by atoms with Crippen LogP contribution >= 0.6 is 23.4 Å². The third kappa shape index (κ3) is 3.77. The highest BCUT2D eigenvalue weighted by Crippen LogP contribution is 2.23. The summed E-state index contributed by atoms with van der Waals surface area (Å²) in [7, 11) is 0. The summed E-state index contributed by atoms with van der Waals surface area (Å²) in [5.41, 5.74) is 2.43. The molecule has 0 radical (unpaired) electrons. The molecule has 2 aromatic carbocycles. The van der Waals surface area contributed by atoms with E-state index in [4.69, 9.17) is 11.6 Å². The Morgan fingerprint density at radius 1 is 1.06 bits per heavy atom. The van der Waals surface area contributed by atoms with E-state index in [1.807, 2.05) is 12.1 Å². The molecule has 2 aromatic rings. The average molecular weight is 278 g/mol. The molecule has 0 aromatic heterocycles. The molecule has 18 heavy (non-hydrogen) atoms. The van der Waals surface area contributed by atoms with Crippen molar-refractivity contribution in [2.75, 3.05) is 6.26 Å². The van der Waals surface area contributed by atoms with Crippen LogP contribution in [0.25, 0.3) is 0 Å². The maximum atomic E-state index is 6.24. The average Bonchev–Trinajstić information content (AvgIpc) is 2.42. The molecule has 2 rings (SSSR count). The van der Waals surface area contributed by atoms with Gasteiger partial charge in [-0.25, -0.2) is 0 Å². The normalized spacial score (nSPS) is 10.6. The van der Waals surface area contributed by atoms with Crippen molar-refractivity contribution in [3.63, 3.8) is 0 Å². The molecule has 0 bridgehead atoms. The molecule has 0 aliphatic heterocycles. The van der Waals surface area contributed by atoms with E-state index in [2.05, 4.69) is 48.0 Å². The second kappa shape index (κ2) is 6.83. The number of hydrogen-bond acceptors (Lipinski definition) is 2. The van der Waals surface area contributed by atoms with Crippen molar-refractivity contribution in [3.05, 3.63) is 64.7 Å². The van der Waals surface area contributed by atoms with E-state index >= 15 is 0 Å². The molecule has 0 fully saturated rings.